The highest BCUT2D eigenvalue weighted by Crippen LogP contribution is 2.31. The summed E-state index contributed by atoms with van der Waals surface area (Å²) in [6.45, 7) is 5.72. The van der Waals surface area contributed by atoms with Gasteiger partial charge in [-0.25, -0.2) is 0 Å². The zero-order valence-corrected chi connectivity index (χ0v) is 10.8. The monoisotopic (exact) mass is 265 g/mol. The van der Waals surface area contributed by atoms with Gasteiger partial charge in [-0.1, -0.05) is 0 Å². The summed E-state index contributed by atoms with van der Waals surface area (Å²) in [7, 11) is -1.93. The summed E-state index contributed by atoms with van der Waals surface area (Å²) >= 11 is 0. The summed E-state index contributed by atoms with van der Waals surface area (Å²) in [5.74, 6) is -0.106. The van der Waals surface area contributed by atoms with E-state index in [0.717, 1.165) is 12.1 Å². The van der Waals surface area contributed by atoms with Crippen LogP contribution < -0.4 is 14.9 Å². The molecule has 17 heavy (non-hydrogen) atoms. The quantitative estimate of drug-likeness (QED) is 0.673. The Balaban J connectivity index is 2.95. The third kappa shape index (κ3) is 4.99. The molecule has 0 fully saturated rings. The Hall–Kier alpha value is -1.37. The van der Waals surface area contributed by atoms with E-state index in [9.17, 15) is 13.2 Å². The fraction of sp³-hybridized carbons (Fsp3) is 0.400. The van der Waals surface area contributed by atoms with E-state index in [0.29, 0.717) is 5.69 Å². The van der Waals surface area contributed by atoms with Gasteiger partial charge in [-0.2, -0.15) is 0 Å². The van der Waals surface area contributed by atoms with Crippen molar-refractivity contribution in [2.75, 3.05) is 5.73 Å². The van der Waals surface area contributed by atoms with Crippen LogP contribution in [0.5, 0.6) is 11.5 Å². The highest BCUT2D eigenvalue weighted by atomic mass is 28.4. The van der Waals surface area contributed by atoms with Crippen molar-refractivity contribution in [3.8, 4) is 11.5 Å². The summed E-state index contributed by atoms with van der Waals surface area (Å²) < 4.78 is 45.4. The average molecular weight is 265 g/mol. The van der Waals surface area contributed by atoms with E-state index in [4.69, 9.17) is 10.2 Å². The lowest BCUT2D eigenvalue weighted by Gasteiger charge is -2.21. The molecule has 0 amide bonds. The van der Waals surface area contributed by atoms with Crippen LogP contribution in [0, 0.1) is 0 Å². The standard InChI is InChI=1S/C10H14F3NO2Si/c1-17(2,3)16-9-6-7(4-5-8(9)14)15-10(11,12)13/h4-6H,14H2,1-3H3. The molecule has 1 rings (SSSR count). The topological polar surface area (TPSA) is 44.5 Å². The second-order valence-electron chi connectivity index (χ2n) is 4.46. The molecule has 7 heteroatoms. The minimum atomic E-state index is -4.72. The molecule has 0 radical (unpaired) electrons. The van der Waals surface area contributed by atoms with Crippen LogP contribution in [-0.2, 0) is 0 Å². The van der Waals surface area contributed by atoms with E-state index in [1.807, 2.05) is 19.6 Å². The van der Waals surface area contributed by atoms with E-state index in [-0.39, 0.29) is 11.5 Å². The number of benzene rings is 1. The molecule has 0 aromatic heterocycles. The molecule has 0 aliphatic rings. The zero-order valence-electron chi connectivity index (χ0n) is 9.76. The van der Waals surface area contributed by atoms with Gasteiger partial charge in [0.2, 0.25) is 8.32 Å². The molecule has 0 aliphatic carbocycles. The molecule has 0 heterocycles. The number of hydrogen-bond donors (Lipinski definition) is 1. The fourth-order valence-electron chi connectivity index (χ4n) is 1.13. The molecule has 0 spiro atoms. The molecule has 0 unspecified atom stereocenters. The summed E-state index contributed by atoms with van der Waals surface area (Å²) in [5, 5.41) is 0. The summed E-state index contributed by atoms with van der Waals surface area (Å²) in [4.78, 5) is 0. The van der Waals surface area contributed by atoms with Crippen LogP contribution in [0.25, 0.3) is 0 Å². The van der Waals surface area contributed by atoms with Gasteiger partial charge in [0.05, 0.1) is 5.69 Å². The Kier molecular flexibility index (Phi) is 3.61. The molecule has 0 aliphatic heterocycles. The Morgan fingerprint density at radius 2 is 1.76 bits per heavy atom. The van der Waals surface area contributed by atoms with Crippen molar-refractivity contribution in [1.82, 2.24) is 0 Å². The first-order valence-electron chi connectivity index (χ1n) is 4.91. The predicted octanol–water partition coefficient (Wildman–Crippen LogP) is 3.38. The second-order valence-corrected chi connectivity index (χ2v) is 8.89. The summed E-state index contributed by atoms with van der Waals surface area (Å²) in [6, 6.07) is 3.64. The lowest BCUT2D eigenvalue weighted by molar-refractivity contribution is -0.274. The largest absolute Gasteiger partial charge is 0.573 e. The number of rotatable bonds is 3. The Morgan fingerprint density at radius 1 is 1.18 bits per heavy atom. The van der Waals surface area contributed by atoms with Crippen molar-refractivity contribution >= 4 is 14.0 Å². The third-order valence-electron chi connectivity index (χ3n) is 1.63. The van der Waals surface area contributed by atoms with Gasteiger partial charge in [0.15, 0.2) is 0 Å². The smallest absolute Gasteiger partial charge is 0.543 e. The van der Waals surface area contributed by atoms with E-state index in [2.05, 4.69) is 4.74 Å². The molecule has 96 valence electrons. The lowest BCUT2D eigenvalue weighted by Crippen LogP contribution is -2.29. The van der Waals surface area contributed by atoms with Crippen molar-refractivity contribution in [2.45, 2.75) is 26.0 Å². The number of ether oxygens (including phenoxy) is 1. The first-order chi connectivity index (χ1) is 7.57. The minimum absolute atomic E-state index is 0.228. The van der Waals surface area contributed by atoms with Crippen molar-refractivity contribution in [3.05, 3.63) is 18.2 Å². The summed E-state index contributed by atoms with van der Waals surface area (Å²) in [5.41, 5.74) is 5.91. The van der Waals surface area contributed by atoms with Crippen LogP contribution in [-0.4, -0.2) is 14.7 Å². The number of nitrogens with two attached hydrogens (primary N) is 1. The molecule has 3 nitrogen and oxygen atoms in total. The number of halogens is 3. The Bertz CT molecular complexity index is 402. The normalized spacial score (nSPS) is 12.4. The van der Waals surface area contributed by atoms with Crippen LogP contribution in [0.2, 0.25) is 19.6 Å². The lowest BCUT2D eigenvalue weighted by atomic mass is 10.3. The number of hydrogen-bond acceptors (Lipinski definition) is 3. The van der Waals surface area contributed by atoms with Crippen LogP contribution in [0.4, 0.5) is 18.9 Å². The van der Waals surface area contributed by atoms with Crippen molar-refractivity contribution in [3.63, 3.8) is 0 Å². The first kappa shape index (κ1) is 13.7. The number of anilines is 1. The third-order valence-corrected chi connectivity index (χ3v) is 2.47. The van der Waals surface area contributed by atoms with E-state index < -0.39 is 14.7 Å². The van der Waals surface area contributed by atoms with E-state index in [1.54, 1.807) is 0 Å². The second kappa shape index (κ2) is 4.48. The molecule has 0 atom stereocenters. The van der Waals surface area contributed by atoms with Gasteiger partial charge in [-0.15, -0.1) is 13.2 Å². The zero-order chi connectivity index (χ0) is 13.3. The first-order valence-corrected chi connectivity index (χ1v) is 8.32. The molecule has 0 saturated carbocycles. The van der Waals surface area contributed by atoms with Crippen LogP contribution in [0.1, 0.15) is 0 Å². The van der Waals surface area contributed by atoms with Gasteiger partial charge >= 0.3 is 6.36 Å². The SMILES string of the molecule is C[Si](C)(C)Oc1cc(OC(F)(F)F)ccc1N. The van der Waals surface area contributed by atoms with Crippen LogP contribution in [0.15, 0.2) is 18.2 Å². The van der Waals surface area contributed by atoms with Crippen LogP contribution in [0.3, 0.4) is 0 Å². The van der Waals surface area contributed by atoms with Crippen molar-refractivity contribution in [1.29, 1.82) is 0 Å². The fourth-order valence-corrected chi connectivity index (χ4v) is 1.97. The van der Waals surface area contributed by atoms with Gasteiger partial charge in [-0.3, -0.25) is 0 Å². The maximum Gasteiger partial charge on any atom is 0.573 e. The molecule has 0 bridgehead atoms. The Labute approximate surface area is 98.5 Å². The highest BCUT2D eigenvalue weighted by Gasteiger charge is 2.31. The maximum absolute atomic E-state index is 12.0. The molecule has 0 saturated heterocycles. The number of nitrogen functional groups attached to an aromatic ring is 1. The molecule has 2 N–H and O–H groups in total. The minimum Gasteiger partial charge on any atom is -0.543 e. The molecular formula is C10H14F3NO2Si. The van der Waals surface area contributed by atoms with Crippen LogP contribution >= 0.6 is 0 Å². The van der Waals surface area contributed by atoms with Gasteiger partial charge in [0.1, 0.15) is 11.5 Å². The van der Waals surface area contributed by atoms with Gasteiger partial charge < -0.3 is 14.9 Å². The maximum atomic E-state index is 12.0. The molecule has 1 aromatic rings. The molecular weight excluding hydrogens is 251 g/mol. The summed E-state index contributed by atoms with van der Waals surface area (Å²) in [6.07, 6.45) is -4.72. The van der Waals surface area contributed by atoms with E-state index >= 15 is 0 Å². The van der Waals surface area contributed by atoms with Crippen molar-refractivity contribution < 1.29 is 22.3 Å². The van der Waals surface area contributed by atoms with Crippen molar-refractivity contribution in [2.24, 2.45) is 0 Å². The highest BCUT2D eigenvalue weighted by molar-refractivity contribution is 6.70. The van der Waals surface area contributed by atoms with Gasteiger partial charge in [0, 0.05) is 6.07 Å². The predicted molar refractivity (Wildman–Crippen MR) is 61.5 cm³/mol. The van der Waals surface area contributed by atoms with E-state index in [1.165, 1.54) is 6.07 Å². The Morgan fingerprint density at radius 3 is 2.24 bits per heavy atom. The number of alkyl halides is 3. The van der Waals surface area contributed by atoms with Gasteiger partial charge in [0.25, 0.3) is 0 Å². The van der Waals surface area contributed by atoms with Gasteiger partial charge in [-0.05, 0) is 31.8 Å². The average Bonchev–Trinajstić information content (AvgIpc) is 2.05. The molecule has 1 aromatic carbocycles.